The van der Waals surface area contributed by atoms with Gasteiger partial charge in [-0.3, -0.25) is 4.79 Å². The number of rotatable bonds is 6. The van der Waals surface area contributed by atoms with Crippen molar-refractivity contribution >= 4 is 17.3 Å². The van der Waals surface area contributed by atoms with Gasteiger partial charge in [0.25, 0.3) is 0 Å². The molecule has 0 aliphatic carbocycles. The van der Waals surface area contributed by atoms with E-state index in [9.17, 15) is 9.90 Å². The maximum Gasteiger partial charge on any atom is 0.248 e. The number of anilines is 2. The largest absolute Gasteiger partial charge is 0.397 e. The van der Waals surface area contributed by atoms with E-state index in [-0.39, 0.29) is 0 Å². The number of benzene rings is 1. The molecule has 0 radical (unpaired) electrons. The van der Waals surface area contributed by atoms with Crippen LogP contribution >= 0.6 is 0 Å². The van der Waals surface area contributed by atoms with Crippen LogP contribution in [0.5, 0.6) is 0 Å². The SMILES string of the molecule is CCCC(C)(O)CNc1ccc(C(N)=O)cc1N. The third kappa shape index (κ3) is 3.92. The van der Waals surface area contributed by atoms with Gasteiger partial charge in [-0.25, -0.2) is 0 Å². The van der Waals surface area contributed by atoms with E-state index in [1.54, 1.807) is 19.1 Å². The van der Waals surface area contributed by atoms with E-state index in [0.717, 1.165) is 6.42 Å². The molecule has 0 fully saturated rings. The van der Waals surface area contributed by atoms with Crippen molar-refractivity contribution in [1.29, 1.82) is 0 Å². The van der Waals surface area contributed by atoms with Crippen LogP contribution < -0.4 is 16.8 Å². The minimum Gasteiger partial charge on any atom is -0.397 e. The van der Waals surface area contributed by atoms with Gasteiger partial charge < -0.3 is 21.9 Å². The highest BCUT2D eigenvalue weighted by atomic mass is 16.3. The van der Waals surface area contributed by atoms with E-state index in [0.29, 0.717) is 29.9 Å². The molecule has 18 heavy (non-hydrogen) atoms. The average molecular weight is 251 g/mol. The van der Waals surface area contributed by atoms with Crippen molar-refractivity contribution in [2.24, 2.45) is 5.73 Å². The molecule has 0 saturated carbocycles. The first kappa shape index (κ1) is 14.3. The lowest BCUT2D eigenvalue weighted by Crippen LogP contribution is -2.33. The molecule has 0 aliphatic heterocycles. The van der Waals surface area contributed by atoms with Gasteiger partial charge in [0.1, 0.15) is 0 Å². The van der Waals surface area contributed by atoms with Crippen molar-refractivity contribution in [1.82, 2.24) is 0 Å². The normalized spacial score (nSPS) is 13.9. The van der Waals surface area contributed by atoms with Crippen LogP contribution in [0.25, 0.3) is 0 Å². The molecule has 0 aliphatic rings. The van der Waals surface area contributed by atoms with Gasteiger partial charge >= 0.3 is 0 Å². The Morgan fingerprint density at radius 1 is 1.50 bits per heavy atom. The Hall–Kier alpha value is -1.75. The lowest BCUT2D eigenvalue weighted by molar-refractivity contribution is 0.0637. The second kappa shape index (κ2) is 5.73. The summed E-state index contributed by atoms with van der Waals surface area (Å²) in [4.78, 5) is 11.0. The lowest BCUT2D eigenvalue weighted by atomic mass is 10.0. The Balaban J connectivity index is 2.71. The highest BCUT2D eigenvalue weighted by Crippen LogP contribution is 2.21. The Labute approximate surface area is 107 Å². The van der Waals surface area contributed by atoms with Crippen LogP contribution in [-0.4, -0.2) is 23.2 Å². The summed E-state index contributed by atoms with van der Waals surface area (Å²) in [5.41, 5.74) is 11.7. The quantitative estimate of drug-likeness (QED) is 0.573. The number of primary amides is 1. The molecule has 1 amide bonds. The summed E-state index contributed by atoms with van der Waals surface area (Å²) in [5, 5.41) is 13.1. The number of aliphatic hydroxyl groups is 1. The monoisotopic (exact) mass is 251 g/mol. The maximum atomic E-state index is 11.0. The fourth-order valence-electron chi connectivity index (χ4n) is 1.79. The van der Waals surface area contributed by atoms with Gasteiger partial charge in [-0.05, 0) is 31.5 Å². The Morgan fingerprint density at radius 2 is 2.17 bits per heavy atom. The van der Waals surface area contributed by atoms with E-state index >= 15 is 0 Å². The zero-order valence-corrected chi connectivity index (χ0v) is 10.9. The maximum absolute atomic E-state index is 11.0. The predicted octanol–water partition coefficient (Wildman–Crippen LogP) is 1.33. The zero-order valence-electron chi connectivity index (χ0n) is 10.9. The molecule has 6 N–H and O–H groups in total. The number of amides is 1. The molecule has 100 valence electrons. The Morgan fingerprint density at radius 3 is 2.67 bits per heavy atom. The van der Waals surface area contributed by atoms with Crippen molar-refractivity contribution in [2.75, 3.05) is 17.6 Å². The summed E-state index contributed by atoms with van der Waals surface area (Å²) in [6.07, 6.45) is 1.62. The van der Waals surface area contributed by atoms with Gasteiger partial charge in [-0.15, -0.1) is 0 Å². The van der Waals surface area contributed by atoms with E-state index < -0.39 is 11.5 Å². The molecular weight excluding hydrogens is 230 g/mol. The van der Waals surface area contributed by atoms with E-state index in [1.807, 2.05) is 6.92 Å². The minimum atomic E-state index is -0.774. The third-order valence-electron chi connectivity index (χ3n) is 2.78. The van der Waals surface area contributed by atoms with Crippen LogP contribution in [0.4, 0.5) is 11.4 Å². The first-order valence-corrected chi connectivity index (χ1v) is 6.01. The molecule has 1 aromatic carbocycles. The van der Waals surface area contributed by atoms with Crippen LogP contribution in [0, 0.1) is 0 Å². The molecular formula is C13H21N3O2. The third-order valence-corrected chi connectivity index (χ3v) is 2.78. The summed E-state index contributed by atoms with van der Waals surface area (Å²) in [7, 11) is 0. The van der Waals surface area contributed by atoms with Crippen molar-refractivity contribution in [3.63, 3.8) is 0 Å². The summed E-state index contributed by atoms with van der Waals surface area (Å²) in [5.74, 6) is -0.508. The Bertz CT molecular complexity index is 430. The number of hydrogen-bond acceptors (Lipinski definition) is 4. The number of carbonyl (C=O) groups is 1. The van der Waals surface area contributed by atoms with E-state index in [2.05, 4.69) is 5.32 Å². The number of carbonyl (C=O) groups excluding carboxylic acids is 1. The van der Waals surface area contributed by atoms with Gasteiger partial charge in [0, 0.05) is 12.1 Å². The molecule has 1 aromatic rings. The number of nitrogens with two attached hydrogens (primary N) is 2. The van der Waals surface area contributed by atoms with Crippen molar-refractivity contribution in [2.45, 2.75) is 32.3 Å². The van der Waals surface area contributed by atoms with Crippen LogP contribution in [0.2, 0.25) is 0 Å². The zero-order chi connectivity index (χ0) is 13.8. The van der Waals surface area contributed by atoms with Crippen molar-refractivity contribution in [3.05, 3.63) is 23.8 Å². The first-order valence-electron chi connectivity index (χ1n) is 6.01. The molecule has 0 heterocycles. The topological polar surface area (TPSA) is 101 Å². The van der Waals surface area contributed by atoms with Gasteiger partial charge in [-0.2, -0.15) is 0 Å². The summed E-state index contributed by atoms with van der Waals surface area (Å²) < 4.78 is 0. The number of nitrogens with one attached hydrogen (secondary N) is 1. The number of nitrogen functional groups attached to an aromatic ring is 1. The van der Waals surface area contributed by atoms with E-state index in [1.165, 1.54) is 6.07 Å². The summed E-state index contributed by atoms with van der Waals surface area (Å²) >= 11 is 0. The minimum absolute atomic E-state index is 0.373. The van der Waals surface area contributed by atoms with Crippen LogP contribution in [0.1, 0.15) is 37.0 Å². The molecule has 0 saturated heterocycles. The highest BCUT2D eigenvalue weighted by molar-refractivity contribution is 5.94. The first-order chi connectivity index (χ1) is 8.35. The second-order valence-corrected chi connectivity index (χ2v) is 4.77. The molecule has 0 spiro atoms. The molecule has 0 aromatic heterocycles. The standard InChI is InChI=1S/C13H21N3O2/c1-3-6-13(2,18)8-16-11-5-4-9(12(15)17)7-10(11)14/h4-5,7,16,18H,3,6,8,14H2,1-2H3,(H2,15,17). The lowest BCUT2D eigenvalue weighted by Gasteiger charge is -2.24. The molecule has 5 nitrogen and oxygen atoms in total. The van der Waals surface area contributed by atoms with Crippen LogP contribution in [0.15, 0.2) is 18.2 Å². The molecule has 1 unspecified atom stereocenters. The van der Waals surface area contributed by atoms with E-state index in [4.69, 9.17) is 11.5 Å². The molecule has 1 atom stereocenters. The number of hydrogen-bond donors (Lipinski definition) is 4. The van der Waals surface area contributed by atoms with Crippen LogP contribution in [0.3, 0.4) is 0 Å². The van der Waals surface area contributed by atoms with Gasteiger partial charge in [0.15, 0.2) is 0 Å². The Kier molecular flexibility index (Phi) is 4.55. The predicted molar refractivity (Wildman–Crippen MR) is 73.4 cm³/mol. The molecule has 0 bridgehead atoms. The van der Waals surface area contributed by atoms with Crippen LogP contribution in [-0.2, 0) is 0 Å². The summed E-state index contributed by atoms with van der Waals surface area (Å²) in [6, 6.07) is 4.83. The van der Waals surface area contributed by atoms with Gasteiger partial charge in [0.2, 0.25) is 5.91 Å². The van der Waals surface area contributed by atoms with Crippen molar-refractivity contribution in [3.8, 4) is 0 Å². The summed E-state index contributed by atoms with van der Waals surface area (Å²) in [6.45, 7) is 4.20. The molecule has 5 heteroatoms. The van der Waals surface area contributed by atoms with Gasteiger partial charge in [-0.1, -0.05) is 13.3 Å². The second-order valence-electron chi connectivity index (χ2n) is 4.77. The smallest absolute Gasteiger partial charge is 0.248 e. The van der Waals surface area contributed by atoms with Gasteiger partial charge in [0.05, 0.1) is 17.0 Å². The molecule has 1 rings (SSSR count). The average Bonchev–Trinajstić information content (AvgIpc) is 2.27. The van der Waals surface area contributed by atoms with Crippen molar-refractivity contribution < 1.29 is 9.90 Å². The fourth-order valence-corrected chi connectivity index (χ4v) is 1.79. The highest BCUT2D eigenvalue weighted by Gasteiger charge is 2.18. The fraction of sp³-hybridized carbons (Fsp3) is 0.462.